The Kier molecular flexibility index (Phi) is 5.11. The number of morpholine rings is 1. The predicted octanol–water partition coefficient (Wildman–Crippen LogP) is 2.42. The van der Waals surface area contributed by atoms with Crippen molar-refractivity contribution >= 4 is 17.5 Å². The van der Waals surface area contributed by atoms with Crippen molar-refractivity contribution in [1.29, 1.82) is 0 Å². The van der Waals surface area contributed by atoms with E-state index in [1.165, 1.54) is 32.1 Å². The smallest absolute Gasteiger partial charge is 0.223 e. The molecule has 2 rings (SSSR count). The molecule has 1 atom stereocenters. The van der Waals surface area contributed by atoms with E-state index in [2.05, 4.69) is 0 Å². The minimum absolute atomic E-state index is 0.0847. The van der Waals surface area contributed by atoms with Gasteiger partial charge in [-0.25, -0.2) is 0 Å². The van der Waals surface area contributed by atoms with E-state index in [4.69, 9.17) is 16.3 Å². The summed E-state index contributed by atoms with van der Waals surface area (Å²) in [6.45, 7) is 1.96. The number of carbonyl (C=O) groups excluding carboxylic acids is 1. The molecule has 1 aliphatic heterocycles. The van der Waals surface area contributed by atoms with Crippen LogP contribution in [-0.2, 0) is 9.53 Å². The molecule has 98 valence electrons. The second-order valence-corrected chi connectivity index (χ2v) is 5.49. The molecule has 4 heteroatoms. The zero-order valence-electron chi connectivity index (χ0n) is 10.4. The molecular weight excluding hydrogens is 238 g/mol. The summed E-state index contributed by atoms with van der Waals surface area (Å²) in [5.41, 5.74) is 0. The average Bonchev–Trinajstić information content (AvgIpc) is 2.40. The van der Waals surface area contributed by atoms with E-state index in [1.54, 1.807) is 0 Å². The minimum Gasteiger partial charge on any atom is -0.377 e. The number of alkyl halides is 1. The predicted molar refractivity (Wildman–Crippen MR) is 68.2 cm³/mol. The number of halogens is 1. The number of hydrogen-bond donors (Lipinski definition) is 0. The monoisotopic (exact) mass is 259 g/mol. The Bertz CT molecular complexity index is 254. The Morgan fingerprint density at radius 2 is 2.06 bits per heavy atom. The van der Waals surface area contributed by atoms with Crippen LogP contribution >= 0.6 is 11.6 Å². The molecule has 3 nitrogen and oxygen atoms in total. The molecule has 0 bridgehead atoms. The molecule has 0 N–H and O–H groups in total. The molecule has 1 saturated carbocycles. The lowest BCUT2D eigenvalue weighted by Crippen LogP contribution is -2.50. The summed E-state index contributed by atoms with van der Waals surface area (Å²) in [5, 5.41) is 0. The molecule has 2 fully saturated rings. The van der Waals surface area contributed by atoms with Gasteiger partial charge in [0.05, 0.1) is 19.3 Å². The molecule has 0 aromatic rings. The summed E-state index contributed by atoms with van der Waals surface area (Å²) < 4.78 is 5.37. The number of rotatable bonds is 3. The van der Waals surface area contributed by atoms with Crippen molar-refractivity contribution in [1.82, 2.24) is 4.90 Å². The van der Waals surface area contributed by atoms with Gasteiger partial charge in [0.25, 0.3) is 0 Å². The minimum atomic E-state index is 0.0847. The Morgan fingerprint density at radius 1 is 1.29 bits per heavy atom. The zero-order valence-corrected chi connectivity index (χ0v) is 11.1. The number of hydrogen-bond acceptors (Lipinski definition) is 2. The van der Waals surface area contributed by atoms with Gasteiger partial charge in [0.15, 0.2) is 0 Å². The van der Waals surface area contributed by atoms with Gasteiger partial charge in [0, 0.05) is 18.8 Å². The number of ether oxygens (including phenoxy) is 1. The second-order valence-electron chi connectivity index (χ2n) is 5.18. The van der Waals surface area contributed by atoms with Gasteiger partial charge in [-0.15, -0.1) is 11.6 Å². The molecule has 1 saturated heterocycles. The number of carbonyl (C=O) groups is 1. The highest BCUT2D eigenvalue weighted by Gasteiger charge is 2.28. The fourth-order valence-electron chi connectivity index (χ4n) is 2.87. The van der Waals surface area contributed by atoms with Gasteiger partial charge in [0.1, 0.15) is 0 Å². The van der Waals surface area contributed by atoms with E-state index >= 15 is 0 Å². The van der Waals surface area contributed by atoms with Crippen LogP contribution < -0.4 is 0 Å². The van der Waals surface area contributed by atoms with Crippen LogP contribution in [0, 0.1) is 5.92 Å². The Morgan fingerprint density at radius 3 is 2.76 bits per heavy atom. The third-order valence-electron chi connectivity index (χ3n) is 3.91. The summed E-state index contributed by atoms with van der Waals surface area (Å²) in [5.74, 6) is 1.37. The largest absolute Gasteiger partial charge is 0.377 e. The summed E-state index contributed by atoms with van der Waals surface area (Å²) in [6.07, 6.45) is 7.09. The Labute approximate surface area is 108 Å². The van der Waals surface area contributed by atoms with Crippen LogP contribution in [0.3, 0.4) is 0 Å². The fraction of sp³-hybridized carbons (Fsp3) is 0.923. The summed E-state index contributed by atoms with van der Waals surface area (Å²) >= 11 is 5.89. The first-order valence-electron chi connectivity index (χ1n) is 6.74. The third-order valence-corrected chi connectivity index (χ3v) is 4.27. The summed E-state index contributed by atoms with van der Waals surface area (Å²) in [6, 6.07) is 0.0847. The van der Waals surface area contributed by atoms with Crippen LogP contribution in [0.4, 0.5) is 0 Å². The number of amides is 1. The highest BCUT2D eigenvalue weighted by atomic mass is 35.5. The molecule has 1 unspecified atom stereocenters. The first-order valence-corrected chi connectivity index (χ1v) is 7.28. The maximum atomic E-state index is 12.2. The lowest BCUT2D eigenvalue weighted by molar-refractivity contribution is -0.140. The van der Waals surface area contributed by atoms with E-state index < -0.39 is 0 Å². The first-order chi connectivity index (χ1) is 8.31. The van der Waals surface area contributed by atoms with Gasteiger partial charge in [-0.3, -0.25) is 4.79 Å². The zero-order chi connectivity index (χ0) is 12.1. The van der Waals surface area contributed by atoms with E-state index in [9.17, 15) is 4.79 Å². The first kappa shape index (κ1) is 13.2. The number of nitrogens with zero attached hydrogens (tertiary/aromatic N) is 1. The normalized spacial score (nSPS) is 27.1. The standard InChI is InChI=1S/C13H22ClNO2/c14-9-12-10-17-7-6-15(12)13(16)8-11-4-2-1-3-5-11/h11-12H,1-10H2. The molecule has 17 heavy (non-hydrogen) atoms. The van der Waals surface area contributed by atoms with Crippen molar-refractivity contribution in [3.8, 4) is 0 Å². The summed E-state index contributed by atoms with van der Waals surface area (Å²) in [7, 11) is 0. The molecular formula is C13H22ClNO2. The molecule has 0 radical (unpaired) electrons. The molecule has 1 heterocycles. The van der Waals surface area contributed by atoms with Crippen molar-refractivity contribution in [2.24, 2.45) is 5.92 Å². The van der Waals surface area contributed by atoms with E-state index in [0.717, 1.165) is 0 Å². The fourth-order valence-corrected chi connectivity index (χ4v) is 3.12. The van der Waals surface area contributed by atoms with Gasteiger partial charge in [-0.1, -0.05) is 19.3 Å². The summed E-state index contributed by atoms with van der Waals surface area (Å²) in [4.78, 5) is 14.2. The Balaban J connectivity index is 1.84. The average molecular weight is 260 g/mol. The second kappa shape index (κ2) is 6.60. The van der Waals surface area contributed by atoms with Crippen LogP contribution in [0.25, 0.3) is 0 Å². The molecule has 2 aliphatic rings. The van der Waals surface area contributed by atoms with Crippen LogP contribution in [-0.4, -0.2) is 42.5 Å². The molecule has 1 aliphatic carbocycles. The van der Waals surface area contributed by atoms with Crippen molar-refractivity contribution in [2.75, 3.05) is 25.6 Å². The van der Waals surface area contributed by atoms with Crippen molar-refractivity contribution in [3.63, 3.8) is 0 Å². The SMILES string of the molecule is O=C(CC1CCCCC1)N1CCOCC1CCl. The van der Waals surface area contributed by atoms with E-state index in [0.29, 0.717) is 38.0 Å². The van der Waals surface area contributed by atoms with Crippen LogP contribution in [0.15, 0.2) is 0 Å². The van der Waals surface area contributed by atoms with Gasteiger partial charge in [-0.05, 0) is 18.8 Å². The lowest BCUT2D eigenvalue weighted by atomic mass is 9.86. The van der Waals surface area contributed by atoms with Gasteiger partial charge in [0.2, 0.25) is 5.91 Å². The maximum absolute atomic E-state index is 12.2. The van der Waals surface area contributed by atoms with Crippen LogP contribution in [0.1, 0.15) is 38.5 Å². The van der Waals surface area contributed by atoms with Crippen molar-refractivity contribution in [3.05, 3.63) is 0 Å². The van der Waals surface area contributed by atoms with Gasteiger partial charge >= 0.3 is 0 Å². The van der Waals surface area contributed by atoms with Crippen molar-refractivity contribution in [2.45, 2.75) is 44.6 Å². The molecule has 0 aromatic heterocycles. The molecule has 0 spiro atoms. The Hall–Kier alpha value is -0.280. The highest BCUT2D eigenvalue weighted by molar-refractivity contribution is 6.18. The van der Waals surface area contributed by atoms with Crippen LogP contribution in [0.2, 0.25) is 0 Å². The van der Waals surface area contributed by atoms with Gasteiger partial charge in [-0.2, -0.15) is 0 Å². The lowest BCUT2D eigenvalue weighted by Gasteiger charge is -2.35. The quantitative estimate of drug-likeness (QED) is 0.729. The molecule has 0 aromatic carbocycles. The van der Waals surface area contributed by atoms with Gasteiger partial charge < -0.3 is 9.64 Å². The van der Waals surface area contributed by atoms with E-state index in [-0.39, 0.29) is 11.9 Å². The maximum Gasteiger partial charge on any atom is 0.223 e. The molecule has 1 amide bonds. The van der Waals surface area contributed by atoms with Crippen molar-refractivity contribution < 1.29 is 9.53 Å². The van der Waals surface area contributed by atoms with E-state index in [1.807, 2.05) is 4.90 Å². The van der Waals surface area contributed by atoms with Crippen LogP contribution in [0.5, 0.6) is 0 Å². The topological polar surface area (TPSA) is 29.5 Å². The third kappa shape index (κ3) is 3.59. The highest BCUT2D eigenvalue weighted by Crippen LogP contribution is 2.27.